The molecule has 1 aromatic carbocycles. The summed E-state index contributed by atoms with van der Waals surface area (Å²) in [6, 6.07) is 13.1. The van der Waals surface area contributed by atoms with Gasteiger partial charge in [-0.05, 0) is 49.9 Å². The molecule has 0 saturated carbocycles. The molecule has 1 aromatic heterocycles. The van der Waals surface area contributed by atoms with Crippen LogP contribution in [0, 0.1) is 0 Å². The van der Waals surface area contributed by atoms with Crippen LogP contribution in [0.4, 0.5) is 0 Å². The Kier molecular flexibility index (Phi) is 8.76. The van der Waals surface area contributed by atoms with Gasteiger partial charge in [0.2, 0.25) is 5.56 Å². The van der Waals surface area contributed by atoms with Crippen molar-refractivity contribution in [1.29, 1.82) is 0 Å². The van der Waals surface area contributed by atoms with Crippen molar-refractivity contribution in [1.82, 2.24) is 15.2 Å². The van der Waals surface area contributed by atoms with Gasteiger partial charge >= 0.3 is 0 Å². The Balaban J connectivity index is 1.72. The number of benzene rings is 1. The highest BCUT2D eigenvalue weighted by Crippen LogP contribution is 2.10. The molecule has 2 N–H and O–H groups in total. The van der Waals surface area contributed by atoms with Crippen molar-refractivity contribution in [3.63, 3.8) is 0 Å². The standard InChI is InChI=1S/C20H27ClN4O/c1-2-22-20(24-13-11-17-8-7-9-18(21)16-17)23-12-4-6-15-25-14-5-3-10-19(25)26/h3,5,7-10,14,16H,2,4,6,11-13,15H2,1H3,(H2,22,23,24). The fourth-order valence-corrected chi connectivity index (χ4v) is 2.80. The number of aromatic nitrogens is 1. The Hall–Kier alpha value is -2.27. The lowest BCUT2D eigenvalue weighted by molar-refractivity contribution is 0.597. The fourth-order valence-electron chi connectivity index (χ4n) is 2.59. The van der Waals surface area contributed by atoms with E-state index in [9.17, 15) is 4.79 Å². The minimum Gasteiger partial charge on any atom is -0.357 e. The van der Waals surface area contributed by atoms with E-state index in [1.54, 1.807) is 16.7 Å². The number of rotatable bonds is 9. The molecule has 0 amide bonds. The zero-order chi connectivity index (χ0) is 18.6. The average Bonchev–Trinajstić information content (AvgIpc) is 2.63. The van der Waals surface area contributed by atoms with Gasteiger partial charge in [0.1, 0.15) is 0 Å². The summed E-state index contributed by atoms with van der Waals surface area (Å²) in [5.74, 6) is 0.825. The van der Waals surface area contributed by atoms with Gasteiger partial charge in [-0.15, -0.1) is 0 Å². The molecule has 0 saturated heterocycles. The van der Waals surface area contributed by atoms with Crippen molar-refractivity contribution in [3.8, 4) is 0 Å². The molecule has 1 heterocycles. The third-order valence-electron chi connectivity index (χ3n) is 3.92. The van der Waals surface area contributed by atoms with E-state index < -0.39 is 0 Å². The molecule has 2 aromatic rings. The van der Waals surface area contributed by atoms with Crippen LogP contribution in [0.1, 0.15) is 25.3 Å². The fraction of sp³-hybridized carbons (Fsp3) is 0.400. The van der Waals surface area contributed by atoms with E-state index in [2.05, 4.69) is 28.6 Å². The van der Waals surface area contributed by atoms with E-state index in [0.717, 1.165) is 56.4 Å². The summed E-state index contributed by atoms with van der Waals surface area (Å²) in [6.07, 6.45) is 4.58. The Labute approximate surface area is 160 Å². The number of halogens is 1. The quantitative estimate of drug-likeness (QED) is 0.403. The number of aliphatic imine (C=N–C) groups is 1. The second-order valence-electron chi connectivity index (χ2n) is 6.01. The predicted molar refractivity (Wildman–Crippen MR) is 109 cm³/mol. The van der Waals surface area contributed by atoms with Crippen LogP contribution in [0.2, 0.25) is 5.02 Å². The van der Waals surface area contributed by atoms with Crippen LogP contribution >= 0.6 is 11.6 Å². The van der Waals surface area contributed by atoms with Crippen molar-refractivity contribution in [3.05, 3.63) is 69.6 Å². The summed E-state index contributed by atoms with van der Waals surface area (Å²) >= 11 is 6.01. The highest BCUT2D eigenvalue weighted by Gasteiger charge is 1.99. The predicted octanol–water partition coefficient (Wildman–Crippen LogP) is 3.08. The van der Waals surface area contributed by atoms with E-state index in [-0.39, 0.29) is 5.56 Å². The molecular formula is C20H27ClN4O. The Bertz CT molecular complexity index is 757. The molecule has 0 unspecified atom stereocenters. The zero-order valence-electron chi connectivity index (χ0n) is 15.2. The van der Waals surface area contributed by atoms with E-state index in [0.29, 0.717) is 0 Å². The monoisotopic (exact) mass is 374 g/mol. The normalized spacial score (nSPS) is 11.4. The number of guanidine groups is 1. The second-order valence-corrected chi connectivity index (χ2v) is 6.44. The third-order valence-corrected chi connectivity index (χ3v) is 4.15. The summed E-state index contributed by atoms with van der Waals surface area (Å²) in [5.41, 5.74) is 1.25. The van der Waals surface area contributed by atoms with Crippen LogP contribution < -0.4 is 16.2 Å². The molecule has 0 fully saturated rings. The molecule has 0 atom stereocenters. The number of hydrogen-bond acceptors (Lipinski definition) is 2. The van der Waals surface area contributed by atoms with Crippen molar-refractivity contribution in [2.24, 2.45) is 4.99 Å². The van der Waals surface area contributed by atoms with E-state index in [1.165, 1.54) is 5.56 Å². The van der Waals surface area contributed by atoms with Crippen molar-refractivity contribution >= 4 is 17.6 Å². The highest BCUT2D eigenvalue weighted by atomic mass is 35.5. The molecule has 140 valence electrons. The maximum Gasteiger partial charge on any atom is 0.250 e. The maximum atomic E-state index is 11.6. The van der Waals surface area contributed by atoms with Crippen LogP contribution in [0.25, 0.3) is 0 Å². The van der Waals surface area contributed by atoms with Gasteiger partial charge in [-0.2, -0.15) is 0 Å². The van der Waals surface area contributed by atoms with Crippen LogP contribution in [0.5, 0.6) is 0 Å². The number of pyridine rings is 1. The molecule has 0 aliphatic heterocycles. The van der Waals surface area contributed by atoms with Gasteiger partial charge in [0.15, 0.2) is 5.96 Å². The summed E-state index contributed by atoms with van der Waals surface area (Å²) in [5, 5.41) is 7.37. The van der Waals surface area contributed by atoms with Crippen LogP contribution in [-0.4, -0.2) is 30.2 Å². The van der Waals surface area contributed by atoms with Crippen LogP contribution in [0.15, 0.2) is 58.4 Å². The SMILES string of the molecule is CCNC(=NCCCCn1ccccc1=O)NCCc1cccc(Cl)c1. The number of unbranched alkanes of at least 4 members (excludes halogenated alkanes) is 1. The van der Waals surface area contributed by atoms with Crippen molar-refractivity contribution in [2.45, 2.75) is 32.7 Å². The Morgan fingerprint density at radius 1 is 1.15 bits per heavy atom. The van der Waals surface area contributed by atoms with Crippen molar-refractivity contribution < 1.29 is 0 Å². The summed E-state index contributed by atoms with van der Waals surface area (Å²) in [7, 11) is 0. The van der Waals surface area contributed by atoms with Crippen LogP contribution in [0.3, 0.4) is 0 Å². The molecule has 0 radical (unpaired) electrons. The minimum atomic E-state index is 0.0482. The average molecular weight is 375 g/mol. The third kappa shape index (κ3) is 7.31. The molecule has 6 heteroatoms. The minimum absolute atomic E-state index is 0.0482. The molecule has 26 heavy (non-hydrogen) atoms. The first kappa shape index (κ1) is 20.0. The second kappa shape index (κ2) is 11.4. The molecule has 0 bridgehead atoms. The highest BCUT2D eigenvalue weighted by molar-refractivity contribution is 6.30. The summed E-state index contributed by atoms with van der Waals surface area (Å²) < 4.78 is 1.73. The van der Waals surface area contributed by atoms with Gasteiger partial charge in [0.05, 0.1) is 0 Å². The van der Waals surface area contributed by atoms with E-state index in [4.69, 9.17) is 11.6 Å². The number of nitrogens with zero attached hydrogens (tertiary/aromatic N) is 2. The number of hydrogen-bond donors (Lipinski definition) is 2. The molecule has 2 rings (SSSR count). The van der Waals surface area contributed by atoms with Gasteiger partial charge in [0.25, 0.3) is 0 Å². The first-order valence-electron chi connectivity index (χ1n) is 9.11. The Morgan fingerprint density at radius 3 is 2.81 bits per heavy atom. The van der Waals surface area contributed by atoms with E-state index >= 15 is 0 Å². The molecule has 0 spiro atoms. The van der Waals surface area contributed by atoms with Gasteiger partial charge < -0.3 is 15.2 Å². The van der Waals surface area contributed by atoms with Crippen LogP contribution in [-0.2, 0) is 13.0 Å². The molecule has 0 aliphatic rings. The van der Waals surface area contributed by atoms with E-state index in [1.807, 2.05) is 30.5 Å². The van der Waals surface area contributed by atoms with Gasteiger partial charge in [-0.25, -0.2) is 0 Å². The lowest BCUT2D eigenvalue weighted by Crippen LogP contribution is -2.38. The lowest BCUT2D eigenvalue weighted by Gasteiger charge is -2.11. The zero-order valence-corrected chi connectivity index (χ0v) is 16.0. The summed E-state index contributed by atoms with van der Waals surface area (Å²) in [4.78, 5) is 16.2. The van der Waals surface area contributed by atoms with Gasteiger partial charge in [-0.3, -0.25) is 9.79 Å². The van der Waals surface area contributed by atoms with Gasteiger partial charge in [0, 0.05) is 43.5 Å². The maximum absolute atomic E-state index is 11.6. The topological polar surface area (TPSA) is 58.4 Å². The Morgan fingerprint density at radius 2 is 2.04 bits per heavy atom. The number of nitrogens with one attached hydrogen (secondary N) is 2. The molecule has 5 nitrogen and oxygen atoms in total. The molecule has 0 aliphatic carbocycles. The number of aryl methyl sites for hydroxylation is 1. The molecular weight excluding hydrogens is 348 g/mol. The smallest absolute Gasteiger partial charge is 0.250 e. The lowest BCUT2D eigenvalue weighted by atomic mass is 10.1. The first-order chi connectivity index (χ1) is 12.7. The summed E-state index contributed by atoms with van der Waals surface area (Å²) in [6.45, 7) is 5.13. The largest absolute Gasteiger partial charge is 0.357 e. The first-order valence-corrected chi connectivity index (χ1v) is 9.49. The van der Waals surface area contributed by atoms with Gasteiger partial charge in [-0.1, -0.05) is 29.8 Å². The van der Waals surface area contributed by atoms with Crippen molar-refractivity contribution in [2.75, 3.05) is 19.6 Å².